The molecule has 3 rings (SSSR count). The van der Waals surface area contributed by atoms with Gasteiger partial charge in [-0.2, -0.15) is 0 Å². The van der Waals surface area contributed by atoms with Crippen LogP contribution in [0.1, 0.15) is 76.4 Å². The Labute approximate surface area is 288 Å². The van der Waals surface area contributed by atoms with Crippen LogP contribution in [0.15, 0.2) is 24.3 Å². The van der Waals surface area contributed by atoms with Crippen LogP contribution in [0.3, 0.4) is 0 Å². The van der Waals surface area contributed by atoms with E-state index in [9.17, 15) is 14.4 Å². The summed E-state index contributed by atoms with van der Waals surface area (Å²) in [5.41, 5.74) is 0.943. The average Bonchev–Trinajstić information content (AvgIpc) is 3.04. The lowest BCUT2D eigenvalue weighted by Crippen LogP contribution is -2.56. The van der Waals surface area contributed by atoms with Gasteiger partial charge < -0.3 is 34.6 Å². The summed E-state index contributed by atoms with van der Waals surface area (Å²) >= 11 is 6.37. The normalized spacial score (nSPS) is 19.3. The molecule has 4 atom stereocenters. The first kappa shape index (κ1) is 38.9. The van der Waals surface area contributed by atoms with Gasteiger partial charge in [0.05, 0.1) is 38.5 Å². The Morgan fingerprint density at radius 1 is 1.09 bits per heavy atom. The molecule has 266 valence electrons. The fraction of sp³-hybridized carbons (Fsp3) is 0.743. The topological polar surface area (TPSA) is 109 Å². The standard InChI is InChI=1S/C35H59ClN4O6Si/c1-7-31(39(2)35(43)46-21-22-47(4,5)6)30(23-26-13-9-8-10-14-26)38-33(41)40-19-12-16-28(25-40)32(27-15-11-17-29(36)24-27)45-20-18-37-34(42)44-3/h11,15,17,24,26,28,30-32H,7-10,12-14,16,18-23,25H2,1-6H3,(H,37,42)(H,38,41)/t28-,30+,31-,32?/m1/s1. The number of alkyl carbamates (subject to hydrolysis) is 1. The summed E-state index contributed by atoms with van der Waals surface area (Å²) in [4.78, 5) is 42.4. The largest absolute Gasteiger partial charge is 0.453 e. The molecule has 0 radical (unpaired) electrons. The van der Waals surface area contributed by atoms with Gasteiger partial charge in [0.2, 0.25) is 0 Å². The number of likely N-dealkylation sites (N-methyl/N-ethyl adjacent to an activating group) is 1. The smallest absolute Gasteiger partial charge is 0.409 e. The van der Waals surface area contributed by atoms with Crippen molar-refractivity contribution in [1.82, 2.24) is 20.4 Å². The molecule has 12 heteroatoms. The second-order valence-corrected chi connectivity index (χ2v) is 20.5. The molecule has 0 bridgehead atoms. The number of nitrogens with zero attached hydrogens (tertiary/aromatic N) is 2. The van der Waals surface area contributed by atoms with Gasteiger partial charge in [-0.25, -0.2) is 14.4 Å². The first-order valence-electron chi connectivity index (χ1n) is 17.6. The molecule has 1 aliphatic carbocycles. The molecule has 1 aromatic rings. The van der Waals surface area contributed by atoms with Crippen LogP contribution >= 0.6 is 11.6 Å². The molecule has 4 amide bonds. The molecule has 1 saturated carbocycles. The Hall–Kier alpha value is -2.50. The summed E-state index contributed by atoms with van der Waals surface area (Å²) in [5.74, 6) is 0.557. The zero-order valence-electron chi connectivity index (χ0n) is 29.5. The number of halogens is 1. The van der Waals surface area contributed by atoms with E-state index in [4.69, 9.17) is 21.1 Å². The minimum absolute atomic E-state index is 0.0360. The van der Waals surface area contributed by atoms with Crippen molar-refractivity contribution in [3.05, 3.63) is 34.9 Å². The van der Waals surface area contributed by atoms with Gasteiger partial charge in [0.1, 0.15) is 0 Å². The van der Waals surface area contributed by atoms with Gasteiger partial charge in [0, 0.05) is 45.7 Å². The number of piperidine rings is 1. The third kappa shape index (κ3) is 13.1. The third-order valence-corrected chi connectivity index (χ3v) is 11.5. The number of ether oxygens (including phenoxy) is 3. The van der Waals surface area contributed by atoms with Gasteiger partial charge in [0.15, 0.2) is 0 Å². The minimum atomic E-state index is -1.34. The van der Waals surface area contributed by atoms with E-state index >= 15 is 0 Å². The Morgan fingerprint density at radius 2 is 1.83 bits per heavy atom. The lowest BCUT2D eigenvalue weighted by molar-refractivity contribution is -0.00887. The van der Waals surface area contributed by atoms with Crippen LogP contribution in [-0.4, -0.2) is 95.2 Å². The lowest BCUT2D eigenvalue weighted by atomic mass is 9.82. The first-order valence-corrected chi connectivity index (χ1v) is 21.6. The number of nitrogens with one attached hydrogen (secondary N) is 2. The van der Waals surface area contributed by atoms with Crippen LogP contribution in [0.4, 0.5) is 14.4 Å². The summed E-state index contributed by atoms with van der Waals surface area (Å²) in [6.45, 7) is 11.1. The molecule has 1 aromatic carbocycles. The van der Waals surface area contributed by atoms with E-state index in [2.05, 4.69) is 41.9 Å². The van der Waals surface area contributed by atoms with E-state index < -0.39 is 14.2 Å². The summed E-state index contributed by atoms with van der Waals surface area (Å²) in [6, 6.07) is 8.09. The van der Waals surface area contributed by atoms with Crippen molar-refractivity contribution in [2.45, 2.75) is 109 Å². The maximum atomic E-state index is 14.0. The van der Waals surface area contributed by atoms with Gasteiger partial charge >= 0.3 is 18.2 Å². The van der Waals surface area contributed by atoms with E-state index in [1.54, 1.807) is 4.90 Å². The van der Waals surface area contributed by atoms with Crippen molar-refractivity contribution >= 4 is 37.9 Å². The number of rotatable bonds is 15. The van der Waals surface area contributed by atoms with E-state index in [-0.39, 0.29) is 42.8 Å². The quantitative estimate of drug-likeness (QED) is 0.144. The van der Waals surface area contributed by atoms with Crippen LogP contribution in [-0.2, 0) is 14.2 Å². The molecule has 10 nitrogen and oxygen atoms in total. The van der Waals surface area contributed by atoms with Gasteiger partial charge in [-0.15, -0.1) is 0 Å². The molecule has 0 spiro atoms. The number of benzene rings is 1. The number of carbonyl (C=O) groups excluding carboxylic acids is 3. The van der Waals surface area contributed by atoms with E-state index in [0.29, 0.717) is 43.6 Å². The summed E-state index contributed by atoms with van der Waals surface area (Å²) in [6.07, 6.45) is 8.15. The highest BCUT2D eigenvalue weighted by Gasteiger charge is 2.35. The van der Waals surface area contributed by atoms with Gasteiger partial charge in [0.25, 0.3) is 0 Å². The number of methoxy groups -OCH3 is 1. The van der Waals surface area contributed by atoms with Gasteiger partial charge in [-0.1, -0.05) is 82.4 Å². The number of likely N-dealkylation sites (tertiary alicyclic amines) is 1. The van der Waals surface area contributed by atoms with Crippen molar-refractivity contribution in [2.75, 3.05) is 47.0 Å². The zero-order chi connectivity index (χ0) is 34.4. The number of urea groups is 1. The average molecular weight is 695 g/mol. The maximum Gasteiger partial charge on any atom is 0.409 e. The van der Waals surface area contributed by atoms with Crippen LogP contribution in [0.2, 0.25) is 30.7 Å². The summed E-state index contributed by atoms with van der Waals surface area (Å²) in [7, 11) is 1.80. The molecule has 47 heavy (non-hydrogen) atoms. The number of amides is 4. The van der Waals surface area contributed by atoms with Crippen LogP contribution in [0.5, 0.6) is 0 Å². The molecule has 2 aliphatic rings. The predicted octanol–water partition coefficient (Wildman–Crippen LogP) is 7.70. The van der Waals surface area contributed by atoms with E-state index in [1.165, 1.54) is 26.4 Å². The molecule has 0 aromatic heterocycles. The summed E-state index contributed by atoms with van der Waals surface area (Å²) in [5, 5.41) is 6.69. The summed E-state index contributed by atoms with van der Waals surface area (Å²) < 4.78 is 16.7. The van der Waals surface area contributed by atoms with Crippen LogP contribution in [0.25, 0.3) is 0 Å². The monoisotopic (exact) mass is 694 g/mol. The Kier molecular flexibility index (Phi) is 16.1. The molecule has 1 aliphatic heterocycles. The second-order valence-electron chi connectivity index (χ2n) is 14.4. The molecule has 2 N–H and O–H groups in total. The Morgan fingerprint density at radius 3 is 2.49 bits per heavy atom. The van der Waals surface area contributed by atoms with Gasteiger partial charge in [-0.3, -0.25) is 0 Å². The molecular formula is C35H59ClN4O6Si. The maximum absolute atomic E-state index is 14.0. The van der Waals surface area contributed by atoms with Crippen molar-refractivity contribution in [3.8, 4) is 0 Å². The highest BCUT2D eigenvalue weighted by atomic mass is 35.5. The molecular weight excluding hydrogens is 636 g/mol. The lowest BCUT2D eigenvalue weighted by Gasteiger charge is -2.40. The van der Waals surface area contributed by atoms with Crippen molar-refractivity contribution in [1.29, 1.82) is 0 Å². The molecule has 1 unspecified atom stereocenters. The highest BCUT2D eigenvalue weighted by molar-refractivity contribution is 6.76. The van der Waals surface area contributed by atoms with Gasteiger partial charge in [-0.05, 0) is 55.3 Å². The first-order chi connectivity index (χ1) is 22.4. The van der Waals surface area contributed by atoms with Crippen molar-refractivity contribution < 1.29 is 28.6 Å². The van der Waals surface area contributed by atoms with Crippen LogP contribution in [0, 0.1) is 11.8 Å². The number of carbonyl (C=O) groups is 3. The predicted molar refractivity (Wildman–Crippen MR) is 190 cm³/mol. The van der Waals surface area contributed by atoms with Crippen molar-refractivity contribution in [2.24, 2.45) is 11.8 Å². The fourth-order valence-electron chi connectivity index (χ4n) is 6.89. The fourth-order valence-corrected chi connectivity index (χ4v) is 7.81. The number of hydrogen-bond acceptors (Lipinski definition) is 6. The Balaban J connectivity index is 1.73. The molecule has 2 fully saturated rings. The van der Waals surface area contributed by atoms with Crippen molar-refractivity contribution in [3.63, 3.8) is 0 Å². The SMILES string of the molecule is CC[C@H]([C@H](CC1CCCCC1)NC(=O)N1CCC[C@@H](C(OCCNC(=O)OC)c2cccc(Cl)c2)C1)N(C)C(=O)OCC[Si](C)(C)C. The Bertz CT molecular complexity index is 1130. The highest BCUT2D eigenvalue weighted by Crippen LogP contribution is 2.34. The number of hydrogen-bond donors (Lipinski definition) is 2. The van der Waals surface area contributed by atoms with E-state index in [0.717, 1.165) is 43.7 Å². The minimum Gasteiger partial charge on any atom is -0.453 e. The molecule has 1 saturated heterocycles. The second kappa shape index (κ2) is 19.5. The molecule has 1 heterocycles. The van der Waals surface area contributed by atoms with E-state index in [1.807, 2.05) is 36.2 Å². The zero-order valence-corrected chi connectivity index (χ0v) is 31.3. The third-order valence-electron chi connectivity index (χ3n) is 9.57. The van der Waals surface area contributed by atoms with Crippen LogP contribution < -0.4 is 10.6 Å².